The normalized spacial score (nSPS) is 14.1. The van der Waals surface area contributed by atoms with Crippen molar-refractivity contribution in [3.8, 4) is 17.0 Å². The molecule has 0 saturated heterocycles. The van der Waals surface area contributed by atoms with Gasteiger partial charge in [-0.05, 0) is 55.5 Å². The molecule has 0 spiro atoms. The minimum Gasteiger partial charge on any atom is -0.496 e. The highest BCUT2D eigenvalue weighted by molar-refractivity contribution is 5.98. The summed E-state index contributed by atoms with van der Waals surface area (Å²) >= 11 is 0. The molecular formula is C28H29N3O5. The molecule has 1 heterocycles. The molecule has 0 radical (unpaired) electrons. The molecule has 1 amide bonds. The Morgan fingerprint density at radius 3 is 2.53 bits per heavy atom. The summed E-state index contributed by atoms with van der Waals surface area (Å²) in [5.41, 5.74) is 4.45. The molecule has 3 aromatic rings. The summed E-state index contributed by atoms with van der Waals surface area (Å²) in [6, 6.07) is 19.1. The number of carboxylic acid groups (broad SMARTS) is 1. The topological polar surface area (TPSA) is 110 Å². The molecule has 36 heavy (non-hydrogen) atoms. The predicted molar refractivity (Wildman–Crippen MR) is 136 cm³/mol. The van der Waals surface area contributed by atoms with Gasteiger partial charge in [0.25, 0.3) is 5.91 Å². The fraction of sp³-hybridized carbons (Fsp3) is 0.286. The number of hydrogen-bond donors (Lipinski definition) is 2. The Labute approximate surface area is 210 Å². The van der Waals surface area contributed by atoms with Crippen molar-refractivity contribution in [3.63, 3.8) is 0 Å². The molecule has 1 aliphatic carbocycles. The zero-order chi connectivity index (χ0) is 25.5. The maximum absolute atomic E-state index is 12.3. The van der Waals surface area contributed by atoms with Crippen LogP contribution in [0.15, 0.2) is 72.0 Å². The van der Waals surface area contributed by atoms with E-state index in [1.807, 2.05) is 61.5 Å². The van der Waals surface area contributed by atoms with Crippen LogP contribution in [0.4, 0.5) is 0 Å². The molecule has 0 bridgehead atoms. The third kappa shape index (κ3) is 6.07. The summed E-state index contributed by atoms with van der Waals surface area (Å²) in [5.74, 6) is -0.456. The number of aliphatic carboxylic acids is 1. The summed E-state index contributed by atoms with van der Waals surface area (Å²) < 4.78 is 5.40. The molecule has 2 aromatic carbocycles. The fourth-order valence-electron chi connectivity index (χ4n) is 3.99. The van der Waals surface area contributed by atoms with Gasteiger partial charge in [-0.2, -0.15) is 0 Å². The second-order valence-electron chi connectivity index (χ2n) is 8.93. The van der Waals surface area contributed by atoms with Crippen molar-refractivity contribution in [2.45, 2.75) is 32.7 Å². The Kier molecular flexibility index (Phi) is 7.63. The van der Waals surface area contributed by atoms with E-state index in [0.29, 0.717) is 30.7 Å². The van der Waals surface area contributed by atoms with Crippen LogP contribution < -0.4 is 10.1 Å². The predicted octanol–water partition coefficient (Wildman–Crippen LogP) is 4.22. The largest absolute Gasteiger partial charge is 0.496 e. The first kappa shape index (κ1) is 24.9. The number of nitrogens with zero attached hydrogens (tertiary/aromatic N) is 2. The first-order valence-corrected chi connectivity index (χ1v) is 11.7. The molecule has 0 unspecified atom stereocenters. The highest BCUT2D eigenvalue weighted by Crippen LogP contribution is 2.48. The lowest BCUT2D eigenvalue weighted by atomic mass is 9.95. The van der Waals surface area contributed by atoms with Crippen LogP contribution in [-0.2, 0) is 27.4 Å². The number of carbonyl (C=O) groups excluding carboxylic acids is 1. The molecule has 1 fully saturated rings. The van der Waals surface area contributed by atoms with Gasteiger partial charge in [0.2, 0.25) is 0 Å². The average molecular weight is 488 g/mol. The smallest absolute Gasteiger partial charge is 0.309 e. The van der Waals surface area contributed by atoms with Crippen LogP contribution in [0.25, 0.3) is 11.3 Å². The summed E-state index contributed by atoms with van der Waals surface area (Å²) in [6.45, 7) is 1.82. The third-order valence-electron chi connectivity index (χ3n) is 6.33. The number of methoxy groups -OCH3 is 1. The minimum atomic E-state index is -0.759. The molecule has 1 aliphatic rings. The Hall–Kier alpha value is -4.20. The molecule has 0 atom stereocenters. The molecular weight excluding hydrogens is 458 g/mol. The number of rotatable bonds is 11. The standard InChI is InChI=1S/C28H29N3O5/c1-19(21-7-9-22(10-8-21)24-5-3-4-14-29-24)31-36-18-26(32)30-17-23-15-20(6-11-25(23)35-2)16-28(12-13-28)27(33)34/h3-11,14-15H,12-13,16-18H2,1-2H3,(H,30,32)(H,33,34)/b31-19+. The molecule has 0 aliphatic heterocycles. The van der Waals surface area contributed by atoms with Crippen molar-refractivity contribution in [3.05, 3.63) is 83.6 Å². The fourth-order valence-corrected chi connectivity index (χ4v) is 3.99. The van der Waals surface area contributed by atoms with Gasteiger partial charge < -0.3 is 20.0 Å². The van der Waals surface area contributed by atoms with Crippen molar-refractivity contribution in [2.75, 3.05) is 13.7 Å². The maximum atomic E-state index is 12.3. The Balaban J connectivity index is 1.29. The molecule has 8 heteroatoms. The number of oxime groups is 1. The molecule has 1 aromatic heterocycles. The van der Waals surface area contributed by atoms with E-state index in [0.717, 1.165) is 27.9 Å². The third-order valence-corrected chi connectivity index (χ3v) is 6.33. The highest BCUT2D eigenvalue weighted by atomic mass is 16.6. The lowest BCUT2D eigenvalue weighted by Gasteiger charge is -2.14. The number of ether oxygens (including phenoxy) is 1. The van der Waals surface area contributed by atoms with E-state index in [4.69, 9.17) is 9.57 Å². The lowest BCUT2D eigenvalue weighted by Crippen LogP contribution is -2.27. The van der Waals surface area contributed by atoms with Crippen LogP contribution in [0, 0.1) is 5.41 Å². The van der Waals surface area contributed by atoms with Crippen LogP contribution in [0.3, 0.4) is 0 Å². The number of amides is 1. The number of carboxylic acids is 1. The zero-order valence-electron chi connectivity index (χ0n) is 20.4. The van der Waals surface area contributed by atoms with Gasteiger partial charge in [0.15, 0.2) is 6.61 Å². The van der Waals surface area contributed by atoms with E-state index < -0.39 is 11.4 Å². The number of hydrogen-bond acceptors (Lipinski definition) is 6. The average Bonchev–Trinajstić information content (AvgIpc) is 3.69. The zero-order valence-corrected chi connectivity index (χ0v) is 20.4. The molecule has 1 saturated carbocycles. The van der Waals surface area contributed by atoms with Gasteiger partial charge in [0, 0.05) is 23.9 Å². The van der Waals surface area contributed by atoms with E-state index in [9.17, 15) is 14.7 Å². The quantitative estimate of drug-likeness (QED) is 0.310. The van der Waals surface area contributed by atoms with Crippen LogP contribution >= 0.6 is 0 Å². The molecule has 186 valence electrons. The van der Waals surface area contributed by atoms with Gasteiger partial charge in [-0.3, -0.25) is 14.6 Å². The summed E-state index contributed by atoms with van der Waals surface area (Å²) in [7, 11) is 1.56. The van der Waals surface area contributed by atoms with Gasteiger partial charge in [-0.1, -0.05) is 47.6 Å². The van der Waals surface area contributed by atoms with E-state index in [1.54, 1.807) is 19.4 Å². The monoisotopic (exact) mass is 487 g/mol. The molecule has 2 N–H and O–H groups in total. The van der Waals surface area contributed by atoms with Crippen LogP contribution in [0.2, 0.25) is 0 Å². The van der Waals surface area contributed by atoms with Gasteiger partial charge in [-0.25, -0.2) is 0 Å². The van der Waals surface area contributed by atoms with Gasteiger partial charge in [0.1, 0.15) is 5.75 Å². The van der Waals surface area contributed by atoms with Crippen molar-refractivity contribution in [1.29, 1.82) is 0 Å². The molecule has 4 rings (SSSR count). The summed E-state index contributed by atoms with van der Waals surface area (Å²) in [6.07, 6.45) is 3.59. The van der Waals surface area contributed by atoms with E-state index in [2.05, 4.69) is 15.5 Å². The number of nitrogens with one attached hydrogen (secondary N) is 1. The van der Waals surface area contributed by atoms with Crippen molar-refractivity contribution < 1.29 is 24.3 Å². The first-order valence-electron chi connectivity index (χ1n) is 11.7. The van der Waals surface area contributed by atoms with Crippen LogP contribution in [0.1, 0.15) is 36.5 Å². The number of benzene rings is 2. The highest BCUT2D eigenvalue weighted by Gasteiger charge is 2.49. The van der Waals surface area contributed by atoms with Crippen molar-refractivity contribution >= 4 is 17.6 Å². The second-order valence-corrected chi connectivity index (χ2v) is 8.93. The van der Waals surface area contributed by atoms with Crippen molar-refractivity contribution in [2.24, 2.45) is 10.6 Å². The van der Waals surface area contributed by atoms with Gasteiger partial charge >= 0.3 is 5.97 Å². The van der Waals surface area contributed by atoms with E-state index >= 15 is 0 Å². The summed E-state index contributed by atoms with van der Waals surface area (Å²) in [4.78, 5) is 33.4. The Morgan fingerprint density at radius 2 is 1.89 bits per heavy atom. The van der Waals surface area contributed by atoms with E-state index in [-0.39, 0.29) is 19.1 Å². The first-order chi connectivity index (χ1) is 17.4. The number of aromatic nitrogens is 1. The maximum Gasteiger partial charge on any atom is 0.309 e. The van der Waals surface area contributed by atoms with Gasteiger partial charge in [0.05, 0.1) is 23.9 Å². The van der Waals surface area contributed by atoms with E-state index in [1.165, 1.54) is 0 Å². The van der Waals surface area contributed by atoms with Crippen molar-refractivity contribution in [1.82, 2.24) is 10.3 Å². The Morgan fingerprint density at radius 1 is 1.11 bits per heavy atom. The molecule has 8 nitrogen and oxygen atoms in total. The minimum absolute atomic E-state index is 0.229. The van der Waals surface area contributed by atoms with Gasteiger partial charge in [-0.15, -0.1) is 0 Å². The Bertz CT molecular complexity index is 1250. The van der Waals surface area contributed by atoms with Crippen LogP contribution in [-0.4, -0.2) is 41.4 Å². The lowest BCUT2D eigenvalue weighted by molar-refractivity contribution is -0.143. The number of carbonyl (C=O) groups is 2. The second kappa shape index (κ2) is 11.0. The summed E-state index contributed by atoms with van der Waals surface area (Å²) in [5, 5.41) is 16.3. The SMILES string of the molecule is COc1ccc(CC2(C(=O)O)CC2)cc1CNC(=O)CO/N=C(\C)c1ccc(-c2ccccn2)cc1. The number of pyridine rings is 1. The van der Waals surface area contributed by atoms with Crippen LogP contribution in [0.5, 0.6) is 5.75 Å².